The lowest BCUT2D eigenvalue weighted by molar-refractivity contribution is -0.0184. The molecule has 0 amide bonds. The molecule has 134 valence electrons. The molecular formula is C20H25FN2O2. The first-order valence-corrected chi connectivity index (χ1v) is 8.46. The van der Waals surface area contributed by atoms with E-state index in [9.17, 15) is 14.6 Å². The smallest absolute Gasteiger partial charge is 0.118 e. The fourth-order valence-corrected chi connectivity index (χ4v) is 3.35. The first-order chi connectivity index (χ1) is 11.9. The second-order valence-corrected chi connectivity index (χ2v) is 6.76. The molecule has 0 radical (unpaired) electrons. The van der Waals surface area contributed by atoms with Crippen LogP contribution in [0.4, 0.5) is 4.39 Å². The average molecular weight is 344 g/mol. The van der Waals surface area contributed by atoms with Gasteiger partial charge in [0, 0.05) is 5.92 Å². The highest BCUT2D eigenvalue weighted by Gasteiger charge is 2.38. The van der Waals surface area contributed by atoms with Gasteiger partial charge in [0.05, 0.1) is 23.8 Å². The molecule has 2 rings (SSSR count). The maximum atomic E-state index is 13.4. The number of hydrogen-bond acceptors (Lipinski definition) is 4. The van der Waals surface area contributed by atoms with E-state index in [1.165, 1.54) is 12.2 Å². The van der Waals surface area contributed by atoms with Crippen molar-refractivity contribution in [2.24, 2.45) is 5.92 Å². The summed E-state index contributed by atoms with van der Waals surface area (Å²) in [6.07, 6.45) is 6.19. The van der Waals surface area contributed by atoms with Crippen molar-refractivity contribution in [1.29, 1.82) is 5.26 Å². The van der Waals surface area contributed by atoms with Crippen LogP contribution in [0.15, 0.2) is 42.3 Å². The number of nitriles is 1. The largest absolute Gasteiger partial charge is 0.392 e. The van der Waals surface area contributed by atoms with Gasteiger partial charge in [0.1, 0.15) is 5.83 Å². The molecule has 0 aromatic heterocycles. The summed E-state index contributed by atoms with van der Waals surface area (Å²) < 4.78 is 13.4. The minimum Gasteiger partial charge on any atom is -0.392 e. The van der Waals surface area contributed by atoms with Crippen LogP contribution in [0.2, 0.25) is 0 Å². The van der Waals surface area contributed by atoms with Crippen LogP contribution in [-0.4, -0.2) is 35.8 Å². The Bertz CT molecular complexity index is 706. The van der Waals surface area contributed by atoms with Gasteiger partial charge in [0.25, 0.3) is 0 Å². The maximum Gasteiger partial charge on any atom is 0.118 e. The fraction of sp³-hybridized carbons (Fsp3) is 0.450. The van der Waals surface area contributed by atoms with Gasteiger partial charge in [-0.2, -0.15) is 5.26 Å². The van der Waals surface area contributed by atoms with E-state index in [0.29, 0.717) is 29.5 Å². The van der Waals surface area contributed by atoms with Crippen LogP contribution < -0.4 is 0 Å². The van der Waals surface area contributed by atoms with Gasteiger partial charge in [-0.15, -0.1) is 0 Å². The third kappa shape index (κ3) is 4.55. The zero-order valence-electron chi connectivity index (χ0n) is 14.7. The SMILES string of the molecule is CN(C)CCCC(O)(c1ccc(C#N)cc1CO)C1C=CC(F)=CC1. The minimum absolute atomic E-state index is 0.262. The summed E-state index contributed by atoms with van der Waals surface area (Å²) in [5, 5.41) is 30.4. The van der Waals surface area contributed by atoms with Gasteiger partial charge in [0.2, 0.25) is 0 Å². The van der Waals surface area contributed by atoms with Crippen molar-refractivity contribution in [2.75, 3.05) is 20.6 Å². The summed E-state index contributed by atoms with van der Waals surface area (Å²) in [6, 6.07) is 7.02. The van der Waals surface area contributed by atoms with E-state index in [1.54, 1.807) is 24.3 Å². The number of benzene rings is 1. The molecule has 5 heteroatoms. The monoisotopic (exact) mass is 344 g/mol. The number of rotatable bonds is 7. The van der Waals surface area contributed by atoms with Gasteiger partial charge in [-0.25, -0.2) is 4.39 Å². The lowest BCUT2D eigenvalue weighted by atomic mass is 9.73. The highest BCUT2D eigenvalue weighted by Crippen LogP contribution is 2.41. The first kappa shape index (κ1) is 19.3. The lowest BCUT2D eigenvalue weighted by Gasteiger charge is -2.37. The molecule has 25 heavy (non-hydrogen) atoms. The number of allylic oxidation sites excluding steroid dienone is 3. The predicted octanol–water partition coefficient (Wildman–Crippen LogP) is 3.01. The Morgan fingerprint density at radius 2 is 2.16 bits per heavy atom. The van der Waals surface area contributed by atoms with Crippen molar-refractivity contribution in [1.82, 2.24) is 4.90 Å². The highest BCUT2D eigenvalue weighted by molar-refractivity contribution is 5.42. The van der Waals surface area contributed by atoms with Crippen LogP contribution in [0.5, 0.6) is 0 Å². The third-order valence-electron chi connectivity index (χ3n) is 4.70. The predicted molar refractivity (Wildman–Crippen MR) is 95.2 cm³/mol. The van der Waals surface area contributed by atoms with E-state index in [4.69, 9.17) is 5.26 Å². The lowest BCUT2D eigenvalue weighted by Crippen LogP contribution is -2.36. The van der Waals surface area contributed by atoms with E-state index in [0.717, 1.165) is 13.0 Å². The van der Waals surface area contributed by atoms with Crippen molar-refractivity contribution in [3.05, 3.63) is 58.9 Å². The molecule has 0 fully saturated rings. The Morgan fingerprint density at radius 3 is 2.72 bits per heavy atom. The van der Waals surface area contributed by atoms with E-state index < -0.39 is 5.60 Å². The van der Waals surface area contributed by atoms with E-state index >= 15 is 0 Å². The molecular weight excluding hydrogens is 319 g/mol. The number of halogens is 1. The molecule has 4 nitrogen and oxygen atoms in total. The zero-order valence-corrected chi connectivity index (χ0v) is 14.7. The molecule has 0 bridgehead atoms. The Kier molecular flexibility index (Phi) is 6.49. The Morgan fingerprint density at radius 1 is 1.40 bits per heavy atom. The minimum atomic E-state index is -1.23. The standard InChI is InChI=1S/C20H25FN2O2/c1-23(2)11-3-10-20(25,17-5-7-18(21)8-6-17)19-9-4-15(13-22)12-16(19)14-24/h4-5,7-9,12,17,24-25H,3,6,10-11,14H2,1-2H3. The quantitative estimate of drug-likeness (QED) is 0.798. The topological polar surface area (TPSA) is 67.5 Å². The van der Waals surface area contributed by atoms with E-state index in [-0.39, 0.29) is 18.4 Å². The molecule has 1 aliphatic rings. The molecule has 2 atom stereocenters. The van der Waals surface area contributed by atoms with Crippen molar-refractivity contribution >= 4 is 0 Å². The van der Waals surface area contributed by atoms with E-state index in [2.05, 4.69) is 6.07 Å². The molecule has 0 saturated carbocycles. The van der Waals surface area contributed by atoms with Gasteiger partial charge in [0.15, 0.2) is 0 Å². The summed E-state index contributed by atoms with van der Waals surface area (Å²) in [5.41, 5.74) is 0.358. The van der Waals surface area contributed by atoms with Gasteiger partial charge < -0.3 is 15.1 Å². The zero-order chi connectivity index (χ0) is 18.4. The molecule has 0 spiro atoms. The van der Waals surface area contributed by atoms with Crippen LogP contribution in [-0.2, 0) is 12.2 Å². The van der Waals surface area contributed by atoms with Crippen molar-refractivity contribution in [3.63, 3.8) is 0 Å². The number of nitrogens with zero attached hydrogens (tertiary/aromatic N) is 2. The van der Waals surface area contributed by atoms with Crippen LogP contribution in [0, 0.1) is 17.2 Å². The molecule has 0 saturated heterocycles. The molecule has 1 aromatic rings. The average Bonchev–Trinajstić information content (AvgIpc) is 2.61. The fourth-order valence-electron chi connectivity index (χ4n) is 3.35. The molecule has 1 aliphatic carbocycles. The summed E-state index contributed by atoms with van der Waals surface area (Å²) in [4.78, 5) is 2.04. The molecule has 0 aliphatic heterocycles. The summed E-state index contributed by atoms with van der Waals surface area (Å²) in [7, 11) is 3.94. The third-order valence-corrected chi connectivity index (χ3v) is 4.70. The molecule has 2 unspecified atom stereocenters. The normalized spacial score (nSPS) is 19.4. The van der Waals surface area contributed by atoms with Crippen molar-refractivity contribution in [2.45, 2.75) is 31.5 Å². The maximum absolute atomic E-state index is 13.4. The summed E-state index contributed by atoms with van der Waals surface area (Å²) >= 11 is 0. The van der Waals surface area contributed by atoms with Crippen molar-refractivity contribution < 1.29 is 14.6 Å². The van der Waals surface area contributed by atoms with Crippen molar-refractivity contribution in [3.8, 4) is 6.07 Å². The summed E-state index contributed by atoms with van der Waals surface area (Å²) in [6.45, 7) is 0.551. The highest BCUT2D eigenvalue weighted by atomic mass is 19.1. The van der Waals surface area contributed by atoms with E-state index in [1.807, 2.05) is 19.0 Å². The van der Waals surface area contributed by atoms with Crippen LogP contribution in [0.3, 0.4) is 0 Å². The Balaban J connectivity index is 2.41. The van der Waals surface area contributed by atoms with Gasteiger partial charge in [-0.1, -0.05) is 12.1 Å². The van der Waals surface area contributed by atoms with Crippen LogP contribution in [0.1, 0.15) is 36.0 Å². The Labute approximate surface area is 148 Å². The molecule has 1 aromatic carbocycles. The van der Waals surface area contributed by atoms with Gasteiger partial charge in [-0.05, 0) is 75.3 Å². The van der Waals surface area contributed by atoms with Gasteiger partial charge in [-0.3, -0.25) is 0 Å². The number of aliphatic hydroxyl groups excluding tert-OH is 1. The molecule has 2 N–H and O–H groups in total. The summed E-state index contributed by atoms with van der Waals surface area (Å²) in [5.74, 6) is -0.582. The first-order valence-electron chi connectivity index (χ1n) is 8.46. The Hall–Kier alpha value is -2.00. The second kappa shape index (κ2) is 8.39. The van der Waals surface area contributed by atoms with Gasteiger partial charge >= 0.3 is 0 Å². The number of aliphatic hydroxyl groups is 2. The van der Waals surface area contributed by atoms with Crippen LogP contribution >= 0.6 is 0 Å². The molecule has 0 heterocycles. The van der Waals surface area contributed by atoms with Crippen LogP contribution in [0.25, 0.3) is 0 Å². The number of hydrogen-bond donors (Lipinski definition) is 2. The second-order valence-electron chi connectivity index (χ2n) is 6.76.